The highest BCUT2D eigenvalue weighted by Crippen LogP contribution is 2.37. The molecule has 0 radical (unpaired) electrons. The van der Waals surface area contributed by atoms with Crippen LogP contribution in [0.2, 0.25) is 5.02 Å². The molecule has 1 aromatic heterocycles. The maximum absolute atomic E-state index is 12.7. The standard InChI is InChI=1S/C21H15ClN2O4/c22-17-4-2-1-3-16(17)19(21(26)27)24-20(25)12-5-6-15-14-7-8-23-10-13(14)11-28-18(15)9-12/h1-10,19H,11H2,(H,24,25)(H,26,27)/t19-/m1/s1. The van der Waals surface area contributed by atoms with E-state index >= 15 is 0 Å². The summed E-state index contributed by atoms with van der Waals surface area (Å²) in [7, 11) is 0. The van der Waals surface area contributed by atoms with Crippen molar-refractivity contribution in [1.29, 1.82) is 0 Å². The van der Waals surface area contributed by atoms with E-state index in [0.29, 0.717) is 23.5 Å². The van der Waals surface area contributed by atoms with E-state index in [1.807, 2.05) is 6.07 Å². The number of nitrogens with zero attached hydrogens (tertiary/aromatic N) is 1. The number of ether oxygens (including phenoxy) is 1. The normalized spacial score (nSPS) is 12.9. The quantitative estimate of drug-likeness (QED) is 0.701. The van der Waals surface area contributed by atoms with E-state index < -0.39 is 17.9 Å². The molecular formula is C21H15ClN2O4. The molecule has 0 bridgehead atoms. The lowest BCUT2D eigenvalue weighted by Gasteiger charge is -2.21. The van der Waals surface area contributed by atoms with Gasteiger partial charge in [-0.1, -0.05) is 29.8 Å². The van der Waals surface area contributed by atoms with E-state index in [9.17, 15) is 14.7 Å². The molecule has 3 aromatic rings. The largest absolute Gasteiger partial charge is 0.488 e. The number of carboxylic acid groups (broad SMARTS) is 1. The minimum atomic E-state index is -1.26. The van der Waals surface area contributed by atoms with Gasteiger partial charge in [0.05, 0.1) is 0 Å². The molecule has 6 nitrogen and oxygen atoms in total. The SMILES string of the molecule is O=C(N[C@@H](C(=O)O)c1ccccc1Cl)c1ccc2c(c1)OCc1cnccc1-2. The van der Waals surface area contributed by atoms with Crippen molar-refractivity contribution in [3.63, 3.8) is 0 Å². The van der Waals surface area contributed by atoms with Gasteiger partial charge in [-0.3, -0.25) is 9.78 Å². The third-order valence-corrected chi connectivity index (χ3v) is 4.90. The number of rotatable bonds is 4. The predicted molar refractivity (Wildman–Crippen MR) is 103 cm³/mol. The summed E-state index contributed by atoms with van der Waals surface area (Å²) in [6.07, 6.45) is 3.45. The average molecular weight is 395 g/mol. The van der Waals surface area contributed by atoms with E-state index in [4.69, 9.17) is 16.3 Å². The van der Waals surface area contributed by atoms with Crippen LogP contribution in [0.5, 0.6) is 5.75 Å². The average Bonchev–Trinajstić information content (AvgIpc) is 2.71. The molecule has 0 aliphatic carbocycles. The first kappa shape index (κ1) is 18.0. The highest BCUT2D eigenvalue weighted by atomic mass is 35.5. The maximum Gasteiger partial charge on any atom is 0.330 e. The van der Waals surface area contributed by atoms with Crippen LogP contribution in [0.1, 0.15) is 27.5 Å². The second kappa shape index (κ2) is 7.32. The number of nitrogens with one attached hydrogen (secondary N) is 1. The van der Waals surface area contributed by atoms with Gasteiger partial charge in [0, 0.05) is 39.7 Å². The molecule has 7 heteroatoms. The molecule has 2 N–H and O–H groups in total. The van der Waals surface area contributed by atoms with Gasteiger partial charge in [-0.25, -0.2) is 4.79 Å². The van der Waals surface area contributed by atoms with Gasteiger partial charge in [0.2, 0.25) is 0 Å². The molecule has 2 aromatic carbocycles. The smallest absolute Gasteiger partial charge is 0.330 e. The fraction of sp³-hybridized carbons (Fsp3) is 0.0952. The lowest BCUT2D eigenvalue weighted by atomic mass is 9.97. The molecule has 0 spiro atoms. The lowest BCUT2D eigenvalue weighted by Crippen LogP contribution is -2.34. The maximum atomic E-state index is 12.7. The second-order valence-corrected chi connectivity index (χ2v) is 6.71. The molecule has 140 valence electrons. The number of fused-ring (bicyclic) bond motifs is 3. The summed E-state index contributed by atoms with van der Waals surface area (Å²) in [5, 5.41) is 12.3. The first-order chi connectivity index (χ1) is 13.5. The number of hydrogen-bond donors (Lipinski definition) is 2. The highest BCUT2D eigenvalue weighted by Gasteiger charge is 2.26. The fourth-order valence-electron chi connectivity index (χ4n) is 3.16. The van der Waals surface area contributed by atoms with Crippen LogP contribution < -0.4 is 10.1 Å². The minimum Gasteiger partial charge on any atom is -0.488 e. The Bertz CT molecular complexity index is 1080. The Labute approximate surface area is 165 Å². The number of hydrogen-bond acceptors (Lipinski definition) is 4. The molecule has 0 saturated carbocycles. The third-order valence-electron chi connectivity index (χ3n) is 4.56. The summed E-state index contributed by atoms with van der Waals surface area (Å²) in [6, 6.07) is 12.2. The molecule has 0 saturated heterocycles. The topological polar surface area (TPSA) is 88.5 Å². The number of halogens is 1. The summed E-state index contributed by atoms with van der Waals surface area (Å²) >= 11 is 6.10. The van der Waals surface area contributed by atoms with Crippen molar-refractivity contribution < 1.29 is 19.4 Å². The van der Waals surface area contributed by atoms with Gasteiger partial charge < -0.3 is 15.2 Å². The predicted octanol–water partition coefficient (Wildman–Crippen LogP) is 3.85. The number of carbonyl (C=O) groups is 2. The van der Waals surface area contributed by atoms with E-state index in [2.05, 4.69) is 10.3 Å². The Morgan fingerprint density at radius 1 is 1.14 bits per heavy atom. The number of carboxylic acids is 1. The van der Waals surface area contributed by atoms with Crippen molar-refractivity contribution in [3.05, 3.63) is 82.6 Å². The zero-order chi connectivity index (χ0) is 19.7. The summed E-state index contributed by atoms with van der Waals surface area (Å²) in [6.45, 7) is 0.360. The van der Waals surface area contributed by atoms with Crippen molar-refractivity contribution in [1.82, 2.24) is 10.3 Å². The minimum absolute atomic E-state index is 0.272. The first-order valence-corrected chi connectivity index (χ1v) is 8.90. The molecule has 2 heterocycles. The molecule has 4 rings (SSSR count). The number of amides is 1. The Hall–Kier alpha value is -3.38. The molecule has 0 fully saturated rings. The van der Waals surface area contributed by atoms with Gasteiger partial charge >= 0.3 is 5.97 Å². The van der Waals surface area contributed by atoms with E-state index in [0.717, 1.165) is 16.7 Å². The number of carbonyl (C=O) groups excluding carboxylic acids is 1. The van der Waals surface area contributed by atoms with Crippen LogP contribution in [0.25, 0.3) is 11.1 Å². The highest BCUT2D eigenvalue weighted by molar-refractivity contribution is 6.31. The van der Waals surface area contributed by atoms with Crippen molar-refractivity contribution in [2.24, 2.45) is 0 Å². The van der Waals surface area contributed by atoms with Crippen LogP contribution >= 0.6 is 11.6 Å². The molecular weight excluding hydrogens is 380 g/mol. The second-order valence-electron chi connectivity index (χ2n) is 6.30. The first-order valence-electron chi connectivity index (χ1n) is 8.53. The van der Waals surface area contributed by atoms with Gasteiger partial charge in [0.15, 0.2) is 6.04 Å². The van der Waals surface area contributed by atoms with Crippen LogP contribution in [-0.2, 0) is 11.4 Å². The van der Waals surface area contributed by atoms with Gasteiger partial charge in [-0.15, -0.1) is 0 Å². The monoisotopic (exact) mass is 394 g/mol. The molecule has 0 unspecified atom stereocenters. The fourth-order valence-corrected chi connectivity index (χ4v) is 3.41. The summed E-state index contributed by atoms with van der Waals surface area (Å²) in [5.41, 5.74) is 3.45. The van der Waals surface area contributed by atoms with Crippen LogP contribution in [0, 0.1) is 0 Å². The summed E-state index contributed by atoms with van der Waals surface area (Å²) in [5.74, 6) is -1.16. The van der Waals surface area contributed by atoms with Gasteiger partial charge in [-0.2, -0.15) is 0 Å². The van der Waals surface area contributed by atoms with Gasteiger partial charge in [-0.05, 0) is 35.9 Å². The van der Waals surface area contributed by atoms with E-state index in [-0.39, 0.29) is 5.02 Å². The van der Waals surface area contributed by atoms with Crippen molar-refractivity contribution >= 4 is 23.5 Å². The zero-order valence-corrected chi connectivity index (χ0v) is 15.3. The number of pyridine rings is 1. The lowest BCUT2D eigenvalue weighted by molar-refractivity contribution is -0.139. The third kappa shape index (κ3) is 3.30. The Morgan fingerprint density at radius 3 is 2.75 bits per heavy atom. The Balaban J connectivity index is 1.62. The van der Waals surface area contributed by atoms with E-state index in [1.165, 1.54) is 0 Å². The van der Waals surface area contributed by atoms with Crippen LogP contribution in [0.3, 0.4) is 0 Å². The van der Waals surface area contributed by atoms with Crippen molar-refractivity contribution in [2.75, 3.05) is 0 Å². The summed E-state index contributed by atoms with van der Waals surface area (Å²) in [4.78, 5) is 28.5. The zero-order valence-electron chi connectivity index (χ0n) is 14.6. The van der Waals surface area contributed by atoms with Gasteiger partial charge in [0.1, 0.15) is 12.4 Å². The molecule has 1 aliphatic heterocycles. The van der Waals surface area contributed by atoms with Crippen molar-refractivity contribution in [2.45, 2.75) is 12.6 Å². The molecule has 1 amide bonds. The number of benzene rings is 2. The van der Waals surface area contributed by atoms with Crippen LogP contribution in [0.15, 0.2) is 60.9 Å². The van der Waals surface area contributed by atoms with Crippen LogP contribution in [-0.4, -0.2) is 22.0 Å². The van der Waals surface area contributed by atoms with E-state index in [1.54, 1.807) is 54.9 Å². The van der Waals surface area contributed by atoms with Crippen molar-refractivity contribution in [3.8, 4) is 16.9 Å². The van der Waals surface area contributed by atoms with Gasteiger partial charge in [0.25, 0.3) is 5.91 Å². The molecule has 1 aliphatic rings. The molecule has 1 atom stereocenters. The number of aliphatic carboxylic acids is 1. The number of aromatic nitrogens is 1. The summed E-state index contributed by atoms with van der Waals surface area (Å²) < 4.78 is 5.74. The molecule has 28 heavy (non-hydrogen) atoms. The Morgan fingerprint density at radius 2 is 1.96 bits per heavy atom. The van der Waals surface area contributed by atoms with Crippen LogP contribution in [0.4, 0.5) is 0 Å². The Kier molecular flexibility index (Phi) is 4.71.